The number of carbonyl (C=O) groups excluding carboxylic acids is 1. The number of aliphatic hydroxyl groups excluding tert-OH is 1. The number of aliphatic hydroxyl groups is 1. The smallest absolute Gasteiger partial charge is 0.253 e. The van der Waals surface area contributed by atoms with Gasteiger partial charge in [-0.2, -0.15) is 0 Å². The van der Waals surface area contributed by atoms with E-state index in [1.807, 2.05) is 53.5 Å². The van der Waals surface area contributed by atoms with E-state index in [9.17, 15) is 9.90 Å². The molecule has 2 heterocycles. The number of furan rings is 1. The molecule has 5 heteroatoms. The lowest BCUT2D eigenvalue weighted by molar-refractivity contribution is 0.0621. The van der Waals surface area contributed by atoms with Crippen LogP contribution in [0.2, 0.25) is 0 Å². The number of nitrogens with one attached hydrogen (secondary N) is 1. The van der Waals surface area contributed by atoms with Crippen LogP contribution in [0.25, 0.3) is 6.08 Å². The van der Waals surface area contributed by atoms with Gasteiger partial charge in [0.15, 0.2) is 0 Å². The van der Waals surface area contributed by atoms with Crippen LogP contribution in [0.15, 0.2) is 53.2 Å². The Hall–Kier alpha value is -2.53. The molecule has 1 atom stereocenters. The Morgan fingerprint density at radius 3 is 3.08 bits per heavy atom. The molecule has 1 aromatic carbocycles. The average molecular weight is 340 g/mol. The molecule has 1 aliphatic heterocycles. The summed E-state index contributed by atoms with van der Waals surface area (Å²) < 4.78 is 5.24. The first-order valence-corrected chi connectivity index (χ1v) is 8.70. The van der Waals surface area contributed by atoms with E-state index in [1.165, 1.54) is 0 Å². The maximum absolute atomic E-state index is 12.7. The first kappa shape index (κ1) is 17.3. The van der Waals surface area contributed by atoms with Crippen LogP contribution in [0.4, 0.5) is 5.69 Å². The van der Waals surface area contributed by atoms with E-state index in [2.05, 4.69) is 5.32 Å². The summed E-state index contributed by atoms with van der Waals surface area (Å²) in [6.07, 6.45) is 7.47. The summed E-state index contributed by atoms with van der Waals surface area (Å²) in [7, 11) is 0. The van der Waals surface area contributed by atoms with E-state index >= 15 is 0 Å². The summed E-state index contributed by atoms with van der Waals surface area (Å²) in [5.74, 6) is 1.05. The highest BCUT2D eigenvalue weighted by atomic mass is 16.3. The number of rotatable bonds is 6. The van der Waals surface area contributed by atoms with Gasteiger partial charge in [0.25, 0.3) is 5.91 Å². The lowest BCUT2D eigenvalue weighted by atomic mass is 9.98. The van der Waals surface area contributed by atoms with E-state index in [0.29, 0.717) is 18.7 Å². The van der Waals surface area contributed by atoms with Crippen molar-refractivity contribution in [2.24, 2.45) is 5.92 Å². The summed E-state index contributed by atoms with van der Waals surface area (Å²) >= 11 is 0. The number of piperidine rings is 1. The Morgan fingerprint density at radius 2 is 2.28 bits per heavy atom. The molecule has 0 radical (unpaired) electrons. The Balaban J connectivity index is 1.58. The maximum Gasteiger partial charge on any atom is 0.253 e. The van der Waals surface area contributed by atoms with Gasteiger partial charge >= 0.3 is 0 Å². The monoisotopic (exact) mass is 340 g/mol. The normalized spacial score (nSPS) is 17.8. The number of benzene rings is 1. The second kappa shape index (κ2) is 8.53. The third kappa shape index (κ3) is 4.73. The molecular weight excluding hydrogens is 316 g/mol. The Morgan fingerprint density at radius 1 is 1.36 bits per heavy atom. The first-order valence-electron chi connectivity index (χ1n) is 8.70. The summed E-state index contributed by atoms with van der Waals surface area (Å²) in [4.78, 5) is 14.5. The van der Waals surface area contributed by atoms with Crippen molar-refractivity contribution in [2.75, 3.05) is 31.6 Å². The molecule has 1 fully saturated rings. The van der Waals surface area contributed by atoms with Crippen molar-refractivity contribution in [3.8, 4) is 0 Å². The minimum Gasteiger partial charge on any atom is -0.465 e. The predicted octanol–water partition coefficient (Wildman–Crippen LogP) is 3.25. The highest BCUT2D eigenvalue weighted by Gasteiger charge is 2.24. The lowest BCUT2D eigenvalue weighted by Gasteiger charge is -2.32. The van der Waals surface area contributed by atoms with Crippen molar-refractivity contribution in [2.45, 2.75) is 12.8 Å². The molecule has 0 spiro atoms. The zero-order valence-electron chi connectivity index (χ0n) is 14.2. The first-order chi connectivity index (χ1) is 12.3. The molecule has 0 saturated carbocycles. The van der Waals surface area contributed by atoms with Crippen LogP contribution in [0.5, 0.6) is 0 Å². The third-order valence-corrected chi connectivity index (χ3v) is 4.42. The molecule has 0 aliphatic carbocycles. The molecule has 1 aromatic heterocycles. The molecule has 132 valence electrons. The van der Waals surface area contributed by atoms with Gasteiger partial charge in [0.1, 0.15) is 5.76 Å². The fourth-order valence-electron chi connectivity index (χ4n) is 3.08. The zero-order valence-corrected chi connectivity index (χ0v) is 14.2. The van der Waals surface area contributed by atoms with Crippen molar-refractivity contribution < 1.29 is 14.3 Å². The van der Waals surface area contributed by atoms with Gasteiger partial charge in [-0.25, -0.2) is 0 Å². The molecule has 3 rings (SSSR count). The standard InChI is InChI=1S/C20H24N2O3/c23-15-16-5-3-11-22(14-16)20(24)17-6-1-7-18(13-17)21-10-2-8-19-9-4-12-25-19/h1-2,4,6-9,12-13,16,21,23H,3,5,10-11,14-15H2. The van der Waals surface area contributed by atoms with E-state index in [-0.39, 0.29) is 18.4 Å². The van der Waals surface area contributed by atoms with E-state index in [0.717, 1.165) is 30.8 Å². The van der Waals surface area contributed by atoms with Crippen LogP contribution < -0.4 is 5.32 Å². The van der Waals surface area contributed by atoms with Gasteiger partial charge in [-0.1, -0.05) is 12.1 Å². The van der Waals surface area contributed by atoms with Gasteiger partial charge in [0, 0.05) is 37.5 Å². The predicted molar refractivity (Wildman–Crippen MR) is 98.4 cm³/mol. The van der Waals surface area contributed by atoms with Crippen LogP contribution in [0.1, 0.15) is 29.0 Å². The second-order valence-corrected chi connectivity index (χ2v) is 6.32. The van der Waals surface area contributed by atoms with Crippen LogP contribution in [-0.2, 0) is 0 Å². The van der Waals surface area contributed by atoms with Gasteiger partial charge in [0.05, 0.1) is 6.26 Å². The molecule has 0 bridgehead atoms. The van der Waals surface area contributed by atoms with Crippen molar-refractivity contribution >= 4 is 17.7 Å². The van der Waals surface area contributed by atoms with Crippen LogP contribution >= 0.6 is 0 Å². The largest absolute Gasteiger partial charge is 0.465 e. The van der Waals surface area contributed by atoms with Gasteiger partial charge in [0.2, 0.25) is 0 Å². The molecular formula is C20H24N2O3. The molecule has 1 unspecified atom stereocenters. The summed E-state index contributed by atoms with van der Waals surface area (Å²) in [6, 6.07) is 11.3. The van der Waals surface area contributed by atoms with E-state index in [1.54, 1.807) is 6.26 Å². The number of carbonyl (C=O) groups is 1. The molecule has 1 aliphatic rings. The second-order valence-electron chi connectivity index (χ2n) is 6.32. The quantitative estimate of drug-likeness (QED) is 0.847. The van der Waals surface area contributed by atoms with Gasteiger partial charge in [-0.05, 0) is 55.2 Å². The highest BCUT2D eigenvalue weighted by molar-refractivity contribution is 5.95. The van der Waals surface area contributed by atoms with Crippen molar-refractivity contribution in [3.05, 3.63) is 60.1 Å². The van der Waals surface area contributed by atoms with Gasteiger partial charge < -0.3 is 19.7 Å². The minimum absolute atomic E-state index is 0.0351. The van der Waals surface area contributed by atoms with Crippen LogP contribution in [0.3, 0.4) is 0 Å². The number of nitrogens with zero attached hydrogens (tertiary/aromatic N) is 1. The van der Waals surface area contributed by atoms with Crippen molar-refractivity contribution in [1.82, 2.24) is 4.90 Å². The summed E-state index contributed by atoms with van der Waals surface area (Å²) in [5, 5.41) is 12.6. The topological polar surface area (TPSA) is 65.7 Å². The minimum atomic E-state index is 0.0351. The maximum atomic E-state index is 12.7. The summed E-state index contributed by atoms with van der Waals surface area (Å²) in [5.41, 5.74) is 1.59. The van der Waals surface area contributed by atoms with Crippen LogP contribution in [-0.4, -0.2) is 42.2 Å². The number of anilines is 1. The fourth-order valence-corrected chi connectivity index (χ4v) is 3.08. The molecule has 25 heavy (non-hydrogen) atoms. The van der Waals surface area contributed by atoms with Crippen molar-refractivity contribution in [3.63, 3.8) is 0 Å². The molecule has 2 N–H and O–H groups in total. The van der Waals surface area contributed by atoms with Crippen molar-refractivity contribution in [1.29, 1.82) is 0 Å². The highest BCUT2D eigenvalue weighted by Crippen LogP contribution is 2.19. The number of hydrogen-bond acceptors (Lipinski definition) is 4. The molecule has 2 aromatic rings. The van der Waals surface area contributed by atoms with E-state index < -0.39 is 0 Å². The average Bonchev–Trinajstić information content (AvgIpc) is 3.18. The molecule has 1 amide bonds. The Labute approximate surface area is 148 Å². The van der Waals surface area contributed by atoms with Crippen LogP contribution in [0, 0.1) is 5.92 Å². The third-order valence-electron chi connectivity index (χ3n) is 4.42. The Kier molecular flexibility index (Phi) is 5.90. The van der Waals surface area contributed by atoms with Gasteiger partial charge in [-0.15, -0.1) is 0 Å². The summed E-state index contributed by atoms with van der Waals surface area (Å²) in [6.45, 7) is 2.19. The molecule has 5 nitrogen and oxygen atoms in total. The number of amides is 1. The lowest BCUT2D eigenvalue weighted by Crippen LogP contribution is -2.40. The Bertz CT molecular complexity index is 709. The van der Waals surface area contributed by atoms with E-state index in [4.69, 9.17) is 4.42 Å². The zero-order chi connectivity index (χ0) is 17.5. The number of hydrogen-bond donors (Lipinski definition) is 2. The van der Waals surface area contributed by atoms with Gasteiger partial charge in [-0.3, -0.25) is 4.79 Å². The fraction of sp³-hybridized carbons (Fsp3) is 0.350. The SMILES string of the molecule is O=C(c1cccc(NCC=Cc2ccco2)c1)N1CCCC(CO)C1. The number of likely N-dealkylation sites (tertiary alicyclic amines) is 1. The molecule has 1 saturated heterocycles.